The second-order valence-corrected chi connectivity index (χ2v) is 8.86. The molecule has 2 aromatic carbocycles. The van der Waals surface area contributed by atoms with Gasteiger partial charge in [0.2, 0.25) is 5.43 Å². The standard InChI is InChI=1S/C24H17ClF3N3O4/c25-16-3-1-2-11(19(16)28)7-29-23(34)15-10-31-14-4-12-5-17(26)18(27)6-13(12)8-30(9-14)24(35)20(31)22(33)21(15)32/h1-3,5-6,10,14,33H,4,7-9H2,(H,29,34)/t14-/m1/s1. The van der Waals surface area contributed by atoms with Crippen molar-refractivity contribution in [2.24, 2.45) is 0 Å². The Kier molecular flexibility index (Phi) is 5.55. The number of carbonyl (C=O) groups is 2. The second-order valence-electron chi connectivity index (χ2n) is 8.45. The first-order valence-electron chi connectivity index (χ1n) is 10.6. The van der Waals surface area contributed by atoms with Gasteiger partial charge in [0.1, 0.15) is 11.4 Å². The first kappa shape index (κ1) is 23.0. The summed E-state index contributed by atoms with van der Waals surface area (Å²) in [5.74, 6) is -5.27. The van der Waals surface area contributed by atoms with Gasteiger partial charge in [0.05, 0.1) is 11.1 Å². The fourth-order valence-electron chi connectivity index (χ4n) is 4.54. The Morgan fingerprint density at radius 3 is 2.60 bits per heavy atom. The van der Waals surface area contributed by atoms with Crippen LogP contribution in [-0.4, -0.2) is 32.9 Å². The molecule has 3 aromatic rings. The van der Waals surface area contributed by atoms with E-state index in [4.69, 9.17) is 11.6 Å². The molecule has 0 aliphatic carbocycles. The van der Waals surface area contributed by atoms with Gasteiger partial charge in [-0.2, -0.15) is 0 Å². The Bertz CT molecular complexity index is 1470. The lowest BCUT2D eigenvalue weighted by molar-refractivity contribution is 0.0653. The Balaban J connectivity index is 1.52. The zero-order chi connectivity index (χ0) is 25.0. The molecule has 0 unspecified atom stereocenters. The fraction of sp³-hybridized carbons (Fsp3) is 0.208. The minimum absolute atomic E-state index is 0.0249. The van der Waals surface area contributed by atoms with Gasteiger partial charge in [-0.3, -0.25) is 14.4 Å². The van der Waals surface area contributed by atoms with Gasteiger partial charge < -0.3 is 19.9 Å². The van der Waals surface area contributed by atoms with Crippen LogP contribution in [0, 0.1) is 17.5 Å². The zero-order valence-corrected chi connectivity index (χ0v) is 18.7. The van der Waals surface area contributed by atoms with Crippen molar-refractivity contribution in [1.82, 2.24) is 14.8 Å². The van der Waals surface area contributed by atoms with Crippen molar-refractivity contribution in [3.63, 3.8) is 0 Å². The predicted octanol–water partition coefficient (Wildman–Crippen LogP) is 3.31. The van der Waals surface area contributed by atoms with Crippen molar-refractivity contribution in [3.8, 4) is 5.75 Å². The quantitative estimate of drug-likeness (QED) is 0.574. The van der Waals surface area contributed by atoms with E-state index in [0.29, 0.717) is 11.1 Å². The number of hydrogen-bond acceptors (Lipinski definition) is 4. The third-order valence-electron chi connectivity index (χ3n) is 6.30. The van der Waals surface area contributed by atoms with Crippen LogP contribution in [0.5, 0.6) is 5.75 Å². The number of aromatic nitrogens is 1. The van der Waals surface area contributed by atoms with Crippen LogP contribution in [0.3, 0.4) is 0 Å². The largest absolute Gasteiger partial charge is 0.503 e. The second kappa shape index (κ2) is 8.46. The van der Waals surface area contributed by atoms with Gasteiger partial charge in [-0.25, -0.2) is 13.2 Å². The maximum Gasteiger partial charge on any atom is 0.274 e. The van der Waals surface area contributed by atoms with Crippen LogP contribution in [0.15, 0.2) is 41.3 Å². The van der Waals surface area contributed by atoms with Crippen LogP contribution in [-0.2, 0) is 19.5 Å². The zero-order valence-electron chi connectivity index (χ0n) is 17.9. The summed E-state index contributed by atoms with van der Waals surface area (Å²) >= 11 is 5.75. The molecule has 5 rings (SSSR count). The minimum Gasteiger partial charge on any atom is -0.503 e. The van der Waals surface area contributed by atoms with E-state index in [9.17, 15) is 32.7 Å². The van der Waals surface area contributed by atoms with E-state index in [2.05, 4.69) is 5.32 Å². The monoisotopic (exact) mass is 503 g/mol. The molecule has 11 heteroatoms. The van der Waals surface area contributed by atoms with Crippen LogP contribution in [0.4, 0.5) is 13.2 Å². The first-order chi connectivity index (χ1) is 16.7. The van der Waals surface area contributed by atoms with Gasteiger partial charge in [0.25, 0.3) is 11.8 Å². The molecule has 1 atom stereocenters. The maximum atomic E-state index is 14.1. The van der Waals surface area contributed by atoms with Crippen molar-refractivity contribution in [1.29, 1.82) is 0 Å². The van der Waals surface area contributed by atoms with Crippen molar-refractivity contribution in [2.75, 3.05) is 6.54 Å². The molecule has 2 bridgehead atoms. The smallest absolute Gasteiger partial charge is 0.274 e. The number of hydrogen-bond donors (Lipinski definition) is 2. The highest BCUT2D eigenvalue weighted by Crippen LogP contribution is 2.34. The van der Waals surface area contributed by atoms with Gasteiger partial charge in [0.15, 0.2) is 23.1 Å². The molecule has 7 nitrogen and oxygen atoms in total. The topological polar surface area (TPSA) is 91.6 Å². The molecular formula is C24H17ClF3N3O4. The summed E-state index contributed by atoms with van der Waals surface area (Å²) in [5, 5.41) is 12.9. The van der Waals surface area contributed by atoms with Crippen LogP contribution in [0.25, 0.3) is 0 Å². The lowest BCUT2D eigenvalue weighted by Gasteiger charge is -2.34. The van der Waals surface area contributed by atoms with Crippen LogP contribution in [0.2, 0.25) is 5.02 Å². The lowest BCUT2D eigenvalue weighted by Crippen LogP contribution is -2.44. The molecule has 0 saturated carbocycles. The van der Waals surface area contributed by atoms with Crippen LogP contribution >= 0.6 is 11.6 Å². The van der Waals surface area contributed by atoms with E-state index in [1.165, 1.54) is 27.7 Å². The van der Waals surface area contributed by atoms with E-state index < -0.39 is 52.0 Å². The van der Waals surface area contributed by atoms with Gasteiger partial charge >= 0.3 is 0 Å². The van der Waals surface area contributed by atoms with Crippen LogP contribution < -0.4 is 10.7 Å². The average molecular weight is 504 g/mol. The van der Waals surface area contributed by atoms with E-state index in [0.717, 1.165) is 18.3 Å². The van der Waals surface area contributed by atoms with Gasteiger partial charge in [0, 0.05) is 31.4 Å². The van der Waals surface area contributed by atoms with Crippen molar-refractivity contribution >= 4 is 23.4 Å². The molecule has 180 valence electrons. The summed E-state index contributed by atoms with van der Waals surface area (Å²) in [7, 11) is 0. The molecular weight excluding hydrogens is 487 g/mol. The SMILES string of the molecule is O=C(NCc1cccc(Cl)c1F)c1cn2c(c(O)c1=O)C(=O)N1Cc3cc(F)c(F)cc3C[C@@H]2C1. The van der Waals surface area contributed by atoms with Crippen molar-refractivity contribution in [3.05, 3.63) is 97.2 Å². The summed E-state index contributed by atoms with van der Waals surface area (Å²) in [5.41, 5.74) is -0.854. The van der Waals surface area contributed by atoms with Gasteiger partial charge in [-0.15, -0.1) is 0 Å². The number of benzene rings is 2. The number of rotatable bonds is 3. The number of nitrogens with one attached hydrogen (secondary N) is 1. The molecule has 1 aromatic heterocycles. The number of fused-ring (bicyclic) bond motifs is 5. The maximum absolute atomic E-state index is 14.1. The molecule has 0 spiro atoms. The fourth-order valence-corrected chi connectivity index (χ4v) is 4.73. The Labute approximate surface area is 201 Å². The van der Waals surface area contributed by atoms with Gasteiger partial charge in [-0.1, -0.05) is 23.7 Å². The predicted molar refractivity (Wildman–Crippen MR) is 119 cm³/mol. The molecule has 2 amide bonds. The molecule has 35 heavy (non-hydrogen) atoms. The number of pyridine rings is 1. The van der Waals surface area contributed by atoms with Gasteiger partial charge in [-0.05, 0) is 35.7 Å². The molecule has 0 saturated heterocycles. The summed E-state index contributed by atoms with van der Waals surface area (Å²) < 4.78 is 43.2. The third-order valence-corrected chi connectivity index (χ3v) is 6.59. The number of carbonyl (C=O) groups excluding carboxylic acids is 2. The van der Waals surface area contributed by atoms with Crippen LogP contribution in [0.1, 0.15) is 43.6 Å². The first-order valence-corrected chi connectivity index (χ1v) is 11.0. The highest BCUT2D eigenvalue weighted by molar-refractivity contribution is 6.30. The molecule has 2 aliphatic heterocycles. The molecule has 2 aliphatic rings. The highest BCUT2D eigenvalue weighted by Gasteiger charge is 2.38. The molecule has 3 heterocycles. The number of amides is 2. The summed E-state index contributed by atoms with van der Waals surface area (Å²) in [4.78, 5) is 40.0. The number of halogens is 4. The third kappa shape index (κ3) is 3.83. The Hall–Kier alpha value is -3.79. The number of aromatic hydroxyl groups is 1. The van der Waals surface area contributed by atoms with Crippen molar-refractivity contribution in [2.45, 2.75) is 25.6 Å². The lowest BCUT2D eigenvalue weighted by atomic mass is 10.0. The van der Waals surface area contributed by atoms with E-state index in [1.54, 1.807) is 0 Å². The highest BCUT2D eigenvalue weighted by atomic mass is 35.5. The molecule has 0 fully saturated rings. The average Bonchev–Trinajstić information content (AvgIpc) is 2.98. The minimum atomic E-state index is -1.07. The van der Waals surface area contributed by atoms with E-state index in [-0.39, 0.29) is 42.3 Å². The summed E-state index contributed by atoms with van der Waals surface area (Å²) in [6.07, 6.45) is 1.33. The number of nitrogens with zero attached hydrogens (tertiary/aromatic N) is 2. The normalized spacial score (nSPS) is 16.4. The molecule has 0 radical (unpaired) electrons. The van der Waals surface area contributed by atoms with E-state index in [1.807, 2.05) is 0 Å². The Morgan fingerprint density at radius 1 is 1.14 bits per heavy atom. The summed E-state index contributed by atoms with van der Waals surface area (Å²) in [6.45, 7) is -0.161. The van der Waals surface area contributed by atoms with E-state index >= 15 is 0 Å². The summed E-state index contributed by atoms with van der Waals surface area (Å²) in [6, 6.07) is 5.80. The Morgan fingerprint density at radius 2 is 1.86 bits per heavy atom. The molecule has 2 N–H and O–H groups in total. The van der Waals surface area contributed by atoms with Crippen molar-refractivity contribution < 1.29 is 27.9 Å².